The van der Waals surface area contributed by atoms with Crippen LogP contribution in [0.15, 0.2) is 30.5 Å². The molecule has 1 aromatic heterocycles. The Labute approximate surface area is 149 Å². The summed E-state index contributed by atoms with van der Waals surface area (Å²) in [5.74, 6) is 0.0713. The number of hydrogen-bond donors (Lipinski definition) is 3. The van der Waals surface area contributed by atoms with E-state index in [1.54, 1.807) is 0 Å². The Balaban J connectivity index is 1.52. The van der Waals surface area contributed by atoms with Crippen molar-refractivity contribution >= 4 is 16.8 Å². The van der Waals surface area contributed by atoms with Crippen LogP contribution in [0, 0.1) is 5.41 Å². The predicted octanol–water partition coefficient (Wildman–Crippen LogP) is 2.31. The highest BCUT2D eigenvalue weighted by Crippen LogP contribution is 2.29. The lowest BCUT2D eigenvalue weighted by Gasteiger charge is -2.41. The van der Waals surface area contributed by atoms with Crippen molar-refractivity contribution in [3.8, 4) is 0 Å². The van der Waals surface area contributed by atoms with E-state index < -0.39 is 0 Å². The molecule has 2 heterocycles. The minimum atomic E-state index is -0.158. The molecule has 3 rings (SSSR count). The minimum absolute atomic E-state index is 0.0713. The Kier molecular flexibility index (Phi) is 5.45. The molecular formula is C20H29N3O2. The van der Waals surface area contributed by atoms with E-state index in [0.29, 0.717) is 6.54 Å². The molecule has 0 spiro atoms. The number of aliphatic hydroxyl groups excluding tert-OH is 1. The smallest absolute Gasteiger partial charge is 0.237 e. The van der Waals surface area contributed by atoms with Gasteiger partial charge in [0.15, 0.2) is 0 Å². The average Bonchev–Trinajstić information content (AvgIpc) is 3.04. The van der Waals surface area contributed by atoms with Crippen molar-refractivity contribution in [3.63, 3.8) is 0 Å². The minimum Gasteiger partial charge on any atom is -0.396 e. The zero-order valence-electron chi connectivity index (χ0n) is 15.2. The van der Waals surface area contributed by atoms with E-state index in [0.717, 1.165) is 37.9 Å². The Bertz CT molecular complexity index is 727. The molecule has 25 heavy (non-hydrogen) atoms. The van der Waals surface area contributed by atoms with Gasteiger partial charge in [-0.1, -0.05) is 25.1 Å². The molecule has 1 amide bonds. The molecule has 5 nitrogen and oxygen atoms in total. The van der Waals surface area contributed by atoms with Gasteiger partial charge in [0.05, 0.1) is 6.04 Å². The van der Waals surface area contributed by atoms with Gasteiger partial charge in [0, 0.05) is 42.2 Å². The lowest BCUT2D eigenvalue weighted by atomic mass is 9.82. The van der Waals surface area contributed by atoms with Gasteiger partial charge in [-0.2, -0.15) is 0 Å². The van der Waals surface area contributed by atoms with Crippen LogP contribution in [0.2, 0.25) is 0 Å². The maximum absolute atomic E-state index is 12.5. The summed E-state index contributed by atoms with van der Waals surface area (Å²) >= 11 is 0. The highest BCUT2D eigenvalue weighted by molar-refractivity contribution is 5.83. The number of nitrogens with one attached hydrogen (secondary N) is 2. The topological polar surface area (TPSA) is 68.4 Å². The second kappa shape index (κ2) is 7.58. The summed E-state index contributed by atoms with van der Waals surface area (Å²) in [6, 6.07) is 8.07. The van der Waals surface area contributed by atoms with Crippen LogP contribution in [0.4, 0.5) is 0 Å². The third-order valence-corrected chi connectivity index (χ3v) is 5.49. The van der Waals surface area contributed by atoms with Crippen LogP contribution in [0.25, 0.3) is 10.9 Å². The van der Waals surface area contributed by atoms with E-state index in [1.807, 2.05) is 25.3 Å². The Morgan fingerprint density at radius 1 is 1.44 bits per heavy atom. The Morgan fingerprint density at radius 2 is 2.24 bits per heavy atom. The number of aromatic nitrogens is 1. The van der Waals surface area contributed by atoms with Gasteiger partial charge in [0.25, 0.3) is 0 Å². The fraction of sp³-hybridized carbons (Fsp3) is 0.550. The lowest BCUT2D eigenvalue weighted by molar-refractivity contribution is -0.127. The number of rotatable bonds is 6. The van der Waals surface area contributed by atoms with Gasteiger partial charge in [-0.05, 0) is 44.4 Å². The largest absolute Gasteiger partial charge is 0.396 e. The number of aromatic amines is 1. The highest BCUT2D eigenvalue weighted by atomic mass is 16.3. The first-order valence-electron chi connectivity index (χ1n) is 9.20. The molecule has 1 fully saturated rings. The SMILES string of the molecule is CC(C(=O)NCCc1c[nH]c2ccccc12)N1CCCC(C)(CO)C1. The van der Waals surface area contributed by atoms with Crippen LogP contribution in [0.1, 0.15) is 32.3 Å². The van der Waals surface area contributed by atoms with Crippen molar-refractivity contribution in [2.75, 3.05) is 26.2 Å². The number of para-hydroxylation sites is 1. The molecule has 1 aliphatic heterocycles. The monoisotopic (exact) mass is 343 g/mol. The summed E-state index contributed by atoms with van der Waals surface area (Å²) < 4.78 is 0. The molecule has 0 radical (unpaired) electrons. The van der Waals surface area contributed by atoms with Gasteiger partial charge in [-0.15, -0.1) is 0 Å². The van der Waals surface area contributed by atoms with Gasteiger partial charge in [-0.3, -0.25) is 9.69 Å². The molecule has 2 aromatic rings. The number of carbonyl (C=O) groups excluding carboxylic acids is 1. The van der Waals surface area contributed by atoms with Crippen molar-refractivity contribution in [2.45, 2.75) is 39.2 Å². The van der Waals surface area contributed by atoms with E-state index in [1.165, 1.54) is 10.9 Å². The van der Waals surface area contributed by atoms with Gasteiger partial charge in [-0.25, -0.2) is 0 Å². The zero-order chi connectivity index (χ0) is 17.9. The fourth-order valence-electron chi connectivity index (χ4n) is 3.79. The Hall–Kier alpha value is -1.85. The molecule has 3 N–H and O–H groups in total. The average molecular weight is 343 g/mol. The van der Waals surface area contributed by atoms with Crippen LogP contribution in [0.3, 0.4) is 0 Å². The second-order valence-electron chi connectivity index (χ2n) is 7.62. The Morgan fingerprint density at radius 3 is 3.04 bits per heavy atom. The number of amides is 1. The van der Waals surface area contributed by atoms with Crippen LogP contribution in [-0.2, 0) is 11.2 Å². The summed E-state index contributed by atoms with van der Waals surface area (Å²) in [6.07, 6.45) is 4.90. The first-order chi connectivity index (χ1) is 12.0. The van der Waals surface area contributed by atoms with E-state index in [4.69, 9.17) is 0 Å². The van der Waals surface area contributed by atoms with E-state index in [2.05, 4.69) is 34.3 Å². The van der Waals surface area contributed by atoms with Gasteiger partial charge in [0.2, 0.25) is 5.91 Å². The standard InChI is InChI=1S/C20H29N3O2/c1-15(23-11-5-9-20(2,13-23)14-24)19(25)21-10-8-16-12-22-18-7-4-3-6-17(16)18/h3-4,6-7,12,15,22,24H,5,8-11,13-14H2,1-2H3,(H,21,25). The summed E-state index contributed by atoms with van der Waals surface area (Å²) in [5.41, 5.74) is 2.28. The van der Waals surface area contributed by atoms with Crippen molar-refractivity contribution in [1.82, 2.24) is 15.2 Å². The number of likely N-dealkylation sites (tertiary alicyclic amines) is 1. The highest BCUT2D eigenvalue weighted by Gasteiger charge is 2.34. The summed E-state index contributed by atoms with van der Waals surface area (Å²) in [4.78, 5) is 18.0. The van der Waals surface area contributed by atoms with Crippen molar-refractivity contribution in [3.05, 3.63) is 36.0 Å². The molecule has 136 valence electrons. The van der Waals surface area contributed by atoms with Crippen molar-refractivity contribution in [2.24, 2.45) is 5.41 Å². The van der Waals surface area contributed by atoms with Gasteiger partial charge >= 0.3 is 0 Å². The summed E-state index contributed by atoms with van der Waals surface area (Å²) in [7, 11) is 0. The molecule has 2 atom stereocenters. The number of hydrogen-bond acceptors (Lipinski definition) is 3. The molecule has 5 heteroatoms. The lowest BCUT2D eigenvalue weighted by Crippen LogP contribution is -2.52. The molecule has 1 aliphatic rings. The number of nitrogens with zero attached hydrogens (tertiary/aromatic N) is 1. The predicted molar refractivity (Wildman–Crippen MR) is 100 cm³/mol. The third-order valence-electron chi connectivity index (χ3n) is 5.49. The van der Waals surface area contributed by atoms with Gasteiger partial charge in [0.1, 0.15) is 0 Å². The quantitative estimate of drug-likeness (QED) is 0.754. The molecule has 0 bridgehead atoms. The van der Waals surface area contributed by atoms with Crippen LogP contribution >= 0.6 is 0 Å². The third kappa shape index (κ3) is 4.05. The van der Waals surface area contributed by atoms with Crippen LogP contribution in [0.5, 0.6) is 0 Å². The maximum Gasteiger partial charge on any atom is 0.237 e. The number of piperidine rings is 1. The van der Waals surface area contributed by atoms with Crippen molar-refractivity contribution in [1.29, 1.82) is 0 Å². The van der Waals surface area contributed by atoms with Crippen molar-refractivity contribution < 1.29 is 9.90 Å². The van der Waals surface area contributed by atoms with E-state index in [-0.39, 0.29) is 24.0 Å². The first-order valence-corrected chi connectivity index (χ1v) is 9.20. The number of H-pyrrole nitrogens is 1. The first kappa shape index (κ1) is 18.0. The van der Waals surface area contributed by atoms with Gasteiger partial charge < -0.3 is 15.4 Å². The summed E-state index contributed by atoms with van der Waals surface area (Å²) in [5, 5.41) is 13.9. The van der Waals surface area contributed by atoms with E-state index >= 15 is 0 Å². The molecule has 1 aromatic carbocycles. The number of carbonyl (C=O) groups is 1. The number of benzene rings is 1. The zero-order valence-corrected chi connectivity index (χ0v) is 15.2. The van der Waals surface area contributed by atoms with Crippen LogP contribution < -0.4 is 5.32 Å². The maximum atomic E-state index is 12.5. The van der Waals surface area contributed by atoms with E-state index in [9.17, 15) is 9.90 Å². The number of fused-ring (bicyclic) bond motifs is 1. The normalized spacial score (nSPS) is 22.8. The fourth-order valence-corrected chi connectivity index (χ4v) is 3.79. The second-order valence-corrected chi connectivity index (χ2v) is 7.62. The summed E-state index contributed by atoms with van der Waals surface area (Å²) in [6.45, 7) is 6.58. The molecular weight excluding hydrogens is 314 g/mol. The molecule has 2 unspecified atom stereocenters. The molecule has 0 aliphatic carbocycles. The number of aliphatic hydroxyl groups is 1. The van der Waals surface area contributed by atoms with Crippen LogP contribution in [-0.4, -0.2) is 53.2 Å². The molecule has 1 saturated heterocycles. The molecule has 0 saturated carbocycles.